The lowest BCUT2D eigenvalue weighted by Gasteiger charge is -2.12. The van der Waals surface area contributed by atoms with Crippen molar-refractivity contribution < 1.29 is 4.39 Å². The molecule has 0 saturated heterocycles. The van der Waals surface area contributed by atoms with Crippen molar-refractivity contribution in [2.24, 2.45) is 0 Å². The first kappa shape index (κ1) is 14.3. The second-order valence-corrected chi connectivity index (χ2v) is 5.85. The maximum atomic E-state index is 13.2. The Bertz CT molecular complexity index is 660. The maximum Gasteiger partial charge on any atom is 0.125 e. The van der Waals surface area contributed by atoms with Gasteiger partial charge < -0.3 is 5.32 Å². The Morgan fingerprint density at radius 1 is 1.21 bits per heavy atom. The highest BCUT2D eigenvalue weighted by atomic mass is 79.9. The van der Waals surface area contributed by atoms with E-state index in [-0.39, 0.29) is 5.02 Å². The number of hydrogen-bond donors (Lipinski definition) is 1. The first-order valence-electron chi connectivity index (χ1n) is 5.12. The van der Waals surface area contributed by atoms with Crippen LogP contribution in [0.15, 0.2) is 39.3 Å². The monoisotopic (exact) mass is 402 g/mol. The summed E-state index contributed by atoms with van der Waals surface area (Å²) in [5.41, 5.74) is 1.57. The summed E-state index contributed by atoms with van der Waals surface area (Å²) in [6.07, 6.45) is 0. The van der Waals surface area contributed by atoms with Gasteiger partial charge in [0.05, 0.1) is 22.0 Å². The van der Waals surface area contributed by atoms with E-state index in [1.54, 1.807) is 18.2 Å². The fourth-order valence-corrected chi connectivity index (χ4v) is 2.77. The van der Waals surface area contributed by atoms with Crippen LogP contribution in [-0.2, 0) is 0 Å². The van der Waals surface area contributed by atoms with Gasteiger partial charge in [0.2, 0.25) is 0 Å². The highest BCUT2D eigenvalue weighted by molar-refractivity contribution is 9.10. The first-order chi connectivity index (χ1) is 9.01. The Hall–Kier alpha value is -1.09. The van der Waals surface area contributed by atoms with E-state index in [0.29, 0.717) is 21.4 Å². The van der Waals surface area contributed by atoms with Crippen LogP contribution in [0.5, 0.6) is 0 Å². The van der Waals surface area contributed by atoms with Crippen LogP contribution < -0.4 is 5.32 Å². The van der Waals surface area contributed by atoms with E-state index in [2.05, 4.69) is 43.2 Å². The number of anilines is 2. The normalized spacial score (nSPS) is 10.1. The molecule has 96 valence electrons. The summed E-state index contributed by atoms with van der Waals surface area (Å²) in [5, 5.41) is 12.3. The number of nitrogens with zero attached hydrogens (tertiary/aromatic N) is 1. The molecule has 0 aromatic heterocycles. The van der Waals surface area contributed by atoms with Gasteiger partial charge in [0, 0.05) is 8.95 Å². The van der Waals surface area contributed by atoms with Gasteiger partial charge in [-0.2, -0.15) is 5.26 Å². The van der Waals surface area contributed by atoms with Crippen molar-refractivity contribution in [3.63, 3.8) is 0 Å². The summed E-state index contributed by atoms with van der Waals surface area (Å²) in [5.74, 6) is -0.433. The number of halogens is 4. The van der Waals surface area contributed by atoms with Gasteiger partial charge in [-0.1, -0.05) is 27.5 Å². The van der Waals surface area contributed by atoms with Crippen LogP contribution in [0.4, 0.5) is 15.8 Å². The third-order valence-corrected chi connectivity index (χ3v) is 3.79. The van der Waals surface area contributed by atoms with Crippen LogP contribution in [0.1, 0.15) is 5.56 Å². The van der Waals surface area contributed by atoms with Crippen molar-refractivity contribution in [2.75, 3.05) is 5.32 Å². The van der Waals surface area contributed by atoms with E-state index < -0.39 is 5.82 Å². The summed E-state index contributed by atoms with van der Waals surface area (Å²) in [6.45, 7) is 0. The summed E-state index contributed by atoms with van der Waals surface area (Å²) < 4.78 is 14.5. The Morgan fingerprint density at radius 3 is 2.58 bits per heavy atom. The summed E-state index contributed by atoms with van der Waals surface area (Å²) in [7, 11) is 0. The van der Waals surface area contributed by atoms with E-state index >= 15 is 0 Å². The average Bonchev–Trinajstić information content (AvgIpc) is 2.34. The van der Waals surface area contributed by atoms with Crippen LogP contribution in [-0.4, -0.2) is 0 Å². The molecule has 2 rings (SSSR count). The van der Waals surface area contributed by atoms with Crippen molar-refractivity contribution in [3.05, 3.63) is 55.7 Å². The maximum absolute atomic E-state index is 13.2. The van der Waals surface area contributed by atoms with E-state index in [1.165, 1.54) is 12.1 Å². The highest BCUT2D eigenvalue weighted by Crippen LogP contribution is 2.35. The summed E-state index contributed by atoms with van der Waals surface area (Å²) in [4.78, 5) is 0. The lowest BCUT2D eigenvalue weighted by molar-refractivity contribution is 0.627. The second kappa shape index (κ2) is 5.91. The molecule has 2 nitrogen and oxygen atoms in total. The van der Waals surface area contributed by atoms with Crippen LogP contribution in [0, 0.1) is 17.1 Å². The Morgan fingerprint density at radius 2 is 1.95 bits per heavy atom. The molecular weight excluding hydrogens is 398 g/mol. The number of nitriles is 1. The van der Waals surface area contributed by atoms with E-state index in [9.17, 15) is 4.39 Å². The van der Waals surface area contributed by atoms with Gasteiger partial charge in [-0.15, -0.1) is 0 Å². The number of benzene rings is 2. The molecule has 0 radical (unpaired) electrons. The largest absolute Gasteiger partial charge is 0.352 e. The number of hydrogen-bond acceptors (Lipinski definition) is 2. The third-order valence-electron chi connectivity index (χ3n) is 2.37. The van der Waals surface area contributed by atoms with E-state index in [4.69, 9.17) is 16.9 Å². The molecule has 0 bridgehead atoms. The molecule has 0 aliphatic heterocycles. The topological polar surface area (TPSA) is 35.8 Å². The fraction of sp³-hybridized carbons (Fsp3) is 0. The Balaban J connectivity index is 2.48. The molecular formula is C13H6Br2ClFN2. The molecule has 19 heavy (non-hydrogen) atoms. The minimum absolute atomic E-state index is 0.232. The molecule has 0 atom stereocenters. The number of rotatable bonds is 2. The molecule has 6 heteroatoms. The van der Waals surface area contributed by atoms with Crippen LogP contribution in [0.25, 0.3) is 0 Å². The van der Waals surface area contributed by atoms with Gasteiger partial charge in [-0.3, -0.25) is 0 Å². The van der Waals surface area contributed by atoms with Crippen LogP contribution >= 0.6 is 43.5 Å². The molecule has 1 N–H and O–H groups in total. The van der Waals surface area contributed by atoms with Gasteiger partial charge in [-0.25, -0.2) is 4.39 Å². The van der Waals surface area contributed by atoms with Gasteiger partial charge in [-0.05, 0) is 46.3 Å². The van der Waals surface area contributed by atoms with Crippen molar-refractivity contribution in [2.45, 2.75) is 0 Å². The minimum atomic E-state index is -0.433. The third kappa shape index (κ3) is 3.27. The summed E-state index contributed by atoms with van der Waals surface area (Å²) in [6, 6.07) is 9.79. The zero-order valence-corrected chi connectivity index (χ0v) is 13.3. The summed E-state index contributed by atoms with van der Waals surface area (Å²) >= 11 is 12.6. The SMILES string of the molecule is N#Cc1ccc(Br)cc1Nc1c(Cl)cc(F)cc1Br. The van der Waals surface area contributed by atoms with Crippen molar-refractivity contribution in [3.8, 4) is 6.07 Å². The van der Waals surface area contributed by atoms with E-state index in [0.717, 1.165) is 4.47 Å². The molecule has 0 spiro atoms. The van der Waals surface area contributed by atoms with Crippen LogP contribution in [0.2, 0.25) is 5.02 Å². The predicted molar refractivity (Wildman–Crippen MR) is 81.2 cm³/mol. The Labute approximate surface area is 131 Å². The molecule has 0 fully saturated rings. The molecule has 2 aromatic rings. The lowest BCUT2D eigenvalue weighted by Crippen LogP contribution is -1.96. The van der Waals surface area contributed by atoms with Crippen molar-refractivity contribution in [1.82, 2.24) is 0 Å². The molecule has 0 heterocycles. The predicted octanol–water partition coefficient (Wildman–Crippen LogP) is 5.62. The Kier molecular flexibility index (Phi) is 4.46. The van der Waals surface area contributed by atoms with Gasteiger partial charge in [0.15, 0.2) is 0 Å². The van der Waals surface area contributed by atoms with Crippen molar-refractivity contribution >= 4 is 54.8 Å². The molecule has 0 aliphatic carbocycles. The zero-order valence-electron chi connectivity index (χ0n) is 9.35. The molecule has 0 saturated carbocycles. The second-order valence-electron chi connectivity index (χ2n) is 3.67. The molecule has 2 aromatic carbocycles. The lowest BCUT2D eigenvalue weighted by atomic mass is 10.2. The molecule has 0 amide bonds. The first-order valence-corrected chi connectivity index (χ1v) is 7.09. The number of nitrogens with one attached hydrogen (secondary N) is 1. The molecule has 0 unspecified atom stereocenters. The smallest absolute Gasteiger partial charge is 0.125 e. The quantitative estimate of drug-likeness (QED) is 0.705. The van der Waals surface area contributed by atoms with Crippen molar-refractivity contribution in [1.29, 1.82) is 5.26 Å². The van der Waals surface area contributed by atoms with Crippen LogP contribution in [0.3, 0.4) is 0 Å². The van der Waals surface area contributed by atoms with Gasteiger partial charge in [0.1, 0.15) is 11.9 Å². The average molecular weight is 404 g/mol. The zero-order chi connectivity index (χ0) is 14.0. The molecule has 0 aliphatic rings. The standard InChI is InChI=1S/C13H6Br2ClFN2/c14-8-2-1-7(6-18)12(3-8)19-13-10(15)4-9(17)5-11(13)16/h1-5,19H. The van der Waals surface area contributed by atoms with Gasteiger partial charge in [0.25, 0.3) is 0 Å². The van der Waals surface area contributed by atoms with Gasteiger partial charge >= 0.3 is 0 Å². The fourth-order valence-electron chi connectivity index (χ4n) is 1.51. The van der Waals surface area contributed by atoms with E-state index in [1.807, 2.05) is 0 Å². The minimum Gasteiger partial charge on any atom is -0.352 e. The highest BCUT2D eigenvalue weighted by Gasteiger charge is 2.11.